The van der Waals surface area contributed by atoms with Gasteiger partial charge in [-0.15, -0.1) is 17.9 Å². The first-order valence-electron chi connectivity index (χ1n) is 22.3. The monoisotopic (exact) mass is 888 g/mol. The van der Waals surface area contributed by atoms with E-state index in [2.05, 4.69) is 22.5 Å². The molecule has 16 nitrogen and oxygen atoms in total. The number of anilines is 1. The Morgan fingerprint density at radius 3 is 2.52 bits per heavy atom. The summed E-state index contributed by atoms with van der Waals surface area (Å²) < 4.78 is 30.2. The van der Waals surface area contributed by atoms with Crippen LogP contribution in [0.5, 0.6) is 11.5 Å². The van der Waals surface area contributed by atoms with Crippen LogP contribution in [0.25, 0.3) is 22.3 Å². The maximum absolute atomic E-state index is 14.8. The van der Waals surface area contributed by atoms with Crippen LogP contribution >= 0.6 is 11.3 Å². The highest BCUT2D eigenvalue weighted by molar-refractivity contribution is 7.14. The van der Waals surface area contributed by atoms with E-state index in [1.165, 1.54) is 28.7 Å². The van der Waals surface area contributed by atoms with E-state index in [9.17, 15) is 24.3 Å². The molecular weight excluding hydrogens is 829 g/mol. The van der Waals surface area contributed by atoms with Gasteiger partial charge < -0.3 is 49.6 Å². The van der Waals surface area contributed by atoms with E-state index >= 15 is 0 Å². The topological polar surface area (TPSA) is 200 Å². The molecule has 8 rings (SSSR count). The number of hydrogen-bond acceptors (Lipinski definition) is 13. The summed E-state index contributed by atoms with van der Waals surface area (Å²) in [6.45, 7) is 14.7. The van der Waals surface area contributed by atoms with Crippen LogP contribution in [0.3, 0.4) is 0 Å². The van der Waals surface area contributed by atoms with Crippen molar-refractivity contribution in [1.82, 2.24) is 25.5 Å². The minimum absolute atomic E-state index is 0.0264. The number of rotatable bonds is 17. The number of carbonyl (C=O) groups excluding carboxylic acids is 3. The number of hydrogen-bond donors (Lipinski definition) is 4. The molecule has 2 unspecified atom stereocenters. The predicted octanol–water partition coefficient (Wildman–Crippen LogP) is 6.53. The van der Waals surface area contributed by atoms with E-state index in [0.29, 0.717) is 65.4 Å². The molecule has 63 heavy (non-hydrogen) atoms. The highest BCUT2D eigenvalue weighted by Gasteiger charge is 2.61. The number of amides is 3. The molecule has 3 aromatic rings. The van der Waals surface area contributed by atoms with Gasteiger partial charge in [-0.2, -0.15) is 0 Å². The number of ether oxygens (including phenoxy) is 5. The van der Waals surface area contributed by atoms with Gasteiger partial charge in [-0.25, -0.2) is 19.6 Å². The lowest BCUT2D eigenvalue weighted by atomic mass is 9.85. The molecule has 5 fully saturated rings. The fourth-order valence-corrected chi connectivity index (χ4v) is 9.98. The number of carbonyl (C=O) groups is 4. The average molecular weight is 889 g/mol. The Kier molecular flexibility index (Phi) is 12.9. The number of carboxylic acids is 1. The van der Waals surface area contributed by atoms with E-state index in [1.807, 2.05) is 58.2 Å². The molecule has 17 heteroatoms. The number of thiazole rings is 1. The van der Waals surface area contributed by atoms with Crippen molar-refractivity contribution in [1.29, 1.82) is 0 Å². The van der Waals surface area contributed by atoms with Crippen LogP contribution in [0.15, 0.2) is 42.3 Å². The van der Waals surface area contributed by atoms with Crippen molar-refractivity contribution < 1.29 is 48.0 Å². The SMILES string of the molecule is C=C[C@@H]1C[C@]1(NC(=O)[C@@H]1C[C@@H](Oc2cc(-c3csc(NC(C)C)n3)nc3cc(OCCOC4CCCCO4)ccc23)CN1C(=O)[C@@H](NC(=O)OC1C[C@@H]2C[C@@H]2C1)C(C)(C)C)C(=O)O. The molecule has 0 spiro atoms. The molecule has 4 heterocycles. The smallest absolute Gasteiger partial charge is 0.408 e. The molecule has 2 aliphatic heterocycles. The van der Waals surface area contributed by atoms with Crippen LogP contribution < -0.4 is 25.4 Å². The third-order valence-corrected chi connectivity index (χ3v) is 13.5. The maximum atomic E-state index is 14.8. The predicted molar refractivity (Wildman–Crippen MR) is 235 cm³/mol. The molecule has 2 aromatic heterocycles. The Morgan fingerprint density at radius 2 is 1.84 bits per heavy atom. The molecule has 5 aliphatic rings. The third-order valence-electron chi connectivity index (χ3n) is 12.7. The second kappa shape index (κ2) is 18.2. The number of likely N-dealkylation sites (tertiary alicyclic amines) is 1. The Labute approximate surface area is 371 Å². The molecule has 1 aromatic carbocycles. The summed E-state index contributed by atoms with van der Waals surface area (Å²) >= 11 is 1.46. The third kappa shape index (κ3) is 10.2. The van der Waals surface area contributed by atoms with Crippen LogP contribution in [0.4, 0.5) is 9.93 Å². The lowest BCUT2D eigenvalue weighted by Gasteiger charge is -2.35. The van der Waals surface area contributed by atoms with Gasteiger partial charge in [0.15, 0.2) is 11.4 Å². The largest absolute Gasteiger partial charge is 0.491 e. The average Bonchev–Trinajstić information content (AvgIpc) is 3.91. The van der Waals surface area contributed by atoms with Crippen LogP contribution in [0.1, 0.15) is 86.0 Å². The summed E-state index contributed by atoms with van der Waals surface area (Å²) in [6.07, 6.45) is 5.69. The van der Waals surface area contributed by atoms with Gasteiger partial charge >= 0.3 is 12.1 Å². The summed E-state index contributed by atoms with van der Waals surface area (Å²) in [5.41, 5.74) is -0.566. The number of benzene rings is 1. The molecule has 3 amide bonds. The fraction of sp³-hybridized carbons (Fsp3) is 0.609. The van der Waals surface area contributed by atoms with Crippen molar-refractivity contribution in [3.8, 4) is 22.9 Å². The van der Waals surface area contributed by atoms with Crippen LogP contribution in [0.2, 0.25) is 0 Å². The minimum Gasteiger partial charge on any atom is -0.491 e. The van der Waals surface area contributed by atoms with E-state index in [-0.39, 0.29) is 37.8 Å². The van der Waals surface area contributed by atoms with Crippen LogP contribution in [-0.4, -0.2) is 112 Å². The van der Waals surface area contributed by atoms with Crippen molar-refractivity contribution in [3.63, 3.8) is 0 Å². The molecule has 3 saturated carbocycles. The number of nitrogens with one attached hydrogen (secondary N) is 3. The summed E-state index contributed by atoms with van der Waals surface area (Å²) in [5.74, 6) is -0.552. The second-order valence-corrected chi connectivity index (χ2v) is 19.9. The Morgan fingerprint density at radius 1 is 1.05 bits per heavy atom. The normalized spacial score (nSPS) is 27.9. The minimum atomic E-state index is -1.53. The van der Waals surface area contributed by atoms with Crippen molar-refractivity contribution in [2.75, 3.05) is 31.7 Å². The lowest BCUT2D eigenvalue weighted by Crippen LogP contribution is -2.59. The zero-order valence-electron chi connectivity index (χ0n) is 36.7. The van der Waals surface area contributed by atoms with Crippen LogP contribution in [-0.2, 0) is 28.6 Å². The van der Waals surface area contributed by atoms with Gasteiger partial charge in [-0.05, 0) is 88.2 Å². The van der Waals surface area contributed by atoms with Gasteiger partial charge in [0.25, 0.3) is 0 Å². The van der Waals surface area contributed by atoms with Crippen molar-refractivity contribution in [2.24, 2.45) is 23.2 Å². The number of alkyl carbamates (subject to hydrolysis) is 1. The van der Waals surface area contributed by atoms with E-state index < -0.39 is 58.9 Å². The Hall–Kier alpha value is -5.00. The molecule has 340 valence electrons. The van der Waals surface area contributed by atoms with Crippen molar-refractivity contribution >= 4 is 51.2 Å². The number of fused-ring (bicyclic) bond motifs is 2. The molecular formula is C46H60N6O10S. The number of nitrogens with zero attached hydrogens (tertiary/aromatic N) is 3. The van der Waals surface area contributed by atoms with E-state index in [0.717, 1.165) is 37.2 Å². The van der Waals surface area contributed by atoms with Crippen LogP contribution in [0, 0.1) is 23.2 Å². The van der Waals surface area contributed by atoms with Gasteiger partial charge in [0.1, 0.15) is 53.6 Å². The molecule has 3 aliphatic carbocycles. The Bertz CT molecular complexity index is 2190. The Balaban J connectivity index is 1.06. The summed E-state index contributed by atoms with van der Waals surface area (Å²) in [5, 5.41) is 22.4. The van der Waals surface area contributed by atoms with Crippen molar-refractivity contribution in [3.05, 3.63) is 42.3 Å². The first kappa shape index (κ1) is 44.6. The number of carboxylic acid groups (broad SMARTS) is 1. The molecule has 9 atom stereocenters. The maximum Gasteiger partial charge on any atom is 0.408 e. The van der Waals surface area contributed by atoms with Gasteiger partial charge in [-0.1, -0.05) is 26.8 Å². The lowest BCUT2D eigenvalue weighted by molar-refractivity contribution is -0.165. The summed E-state index contributed by atoms with van der Waals surface area (Å²) in [4.78, 5) is 66.0. The van der Waals surface area contributed by atoms with Gasteiger partial charge in [0.05, 0.1) is 24.4 Å². The first-order valence-corrected chi connectivity index (χ1v) is 23.1. The number of aliphatic carboxylic acids is 1. The summed E-state index contributed by atoms with van der Waals surface area (Å²) in [6, 6.07) is 5.29. The highest BCUT2D eigenvalue weighted by atomic mass is 32.1. The molecule has 0 bridgehead atoms. The molecule has 0 radical (unpaired) electrons. The molecule has 2 saturated heterocycles. The number of aromatic nitrogens is 2. The van der Waals surface area contributed by atoms with Gasteiger partial charge in [0.2, 0.25) is 11.8 Å². The van der Waals surface area contributed by atoms with E-state index in [1.54, 1.807) is 6.07 Å². The fourth-order valence-electron chi connectivity index (χ4n) is 9.13. The first-order chi connectivity index (χ1) is 30.1. The zero-order valence-corrected chi connectivity index (χ0v) is 37.5. The summed E-state index contributed by atoms with van der Waals surface area (Å²) in [7, 11) is 0. The highest BCUT2D eigenvalue weighted by Crippen LogP contribution is 2.52. The zero-order chi connectivity index (χ0) is 44.6. The number of pyridine rings is 1. The van der Waals surface area contributed by atoms with Crippen molar-refractivity contribution in [2.45, 2.75) is 128 Å². The van der Waals surface area contributed by atoms with Gasteiger partial charge in [0, 0.05) is 47.9 Å². The van der Waals surface area contributed by atoms with Gasteiger partial charge in [-0.3, -0.25) is 9.59 Å². The quantitative estimate of drug-likeness (QED) is 0.0843. The second-order valence-electron chi connectivity index (χ2n) is 19.0. The molecule has 4 N–H and O–H groups in total. The standard InChI is InChI=1S/C46H60N6O10S/c1-7-28-22-46(28,42(55)56)51-40(53)36-20-31(23-52(36)41(54)39(45(4,5)6)50-44(57)62-30-17-26-16-27(26)18-30)61-37-21-34(35-24-63-43(49-35)47-25(2)3)48-33-19-29(11-12-32(33)37)58-14-15-60-38-10-8-9-13-59-38/h7,11-12,19,21,24-28,30-31,36,38-39H,1,8-10,13-18,20,22-23H2,2-6H3,(H,47,49)(H,50,57)(H,51,53)(H,55,56)/t26-,27+,28-,30?,31-,36+,38?,39-,46-/m1/s1. The van der Waals surface area contributed by atoms with E-state index in [4.69, 9.17) is 33.7 Å².